The van der Waals surface area contributed by atoms with E-state index in [2.05, 4.69) is 20.3 Å². The molecule has 2 aliphatic heterocycles. The lowest BCUT2D eigenvalue weighted by atomic mass is 9.91. The summed E-state index contributed by atoms with van der Waals surface area (Å²) in [5.41, 5.74) is -0.306. The number of hydrogen-bond acceptors (Lipinski definition) is 10. The van der Waals surface area contributed by atoms with Gasteiger partial charge >= 0.3 is 5.97 Å². The SMILES string of the molecule is CC(C)(C)OCC(NC(=O)C1CCCN1S(=O)(=O)c1cnc2n1C(C)(Cc1ccc(-c3cncnc3)cc1)C(=O)N2c1cc(Cl)cc(Cl)c1)C(=O)OC(C)(C)C. The number of fused-ring (bicyclic) bond motifs is 1. The maximum Gasteiger partial charge on any atom is 0.331 e. The first-order valence-corrected chi connectivity index (χ1v) is 20.3. The van der Waals surface area contributed by atoms with Crippen LogP contribution in [0.3, 0.4) is 0 Å². The largest absolute Gasteiger partial charge is 0.458 e. The Morgan fingerprint density at radius 3 is 2.21 bits per heavy atom. The molecule has 17 heteroatoms. The first kappa shape index (κ1) is 41.2. The van der Waals surface area contributed by atoms with Crippen LogP contribution in [0.1, 0.15) is 66.9 Å². The van der Waals surface area contributed by atoms with Crippen LogP contribution in [0.5, 0.6) is 0 Å². The molecule has 2 aromatic heterocycles. The molecule has 56 heavy (non-hydrogen) atoms. The number of ether oxygens (including phenoxy) is 2. The van der Waals surface area contributed by atoms with Crippen LogP contribution in [0.2, 0.25) is 10.0 Å². The van der Waals surface area contributed by atoms with Gasteiger partial charge in [0.15, 0.2) is 11.1 Å². The molecule has 0 radical (unpaired) electrons. The quantitative estimate of drug-likeness (QED) is 0.175. The van der Waals surface area contributed by atoms with Crippen LogP contribution in [-0.2, 0) is 45.8 Å². The van der Waals surface area contributed by atoms with Gasteiger partial charge in [0, 0.05) is 41.0 Å². The van der Waals surface area contributed by atoms with Gasteiger partial charge in [-0.15, -0.1) is 0 Å². The van der Waals surface area contributed by atoms with E-state index in [1.54, 1.807) is 52.2 Å². The summed E-state index contributed by atoms with van der Waals surface area (Å²) in [6, 6.07) is 9.71. The van der Waals surface area contributed by atoms with Gasteiger partial charge in [0.05, 0.1) is 24.1 Å². The average Bonchev–Trinajstić information content (AvgIpc) is 3.83. The van der Waals surface area contributed by atoms with E-state index >= 15 is 0 Å². The third kappa shape index (κ3) is 8.61. The molecule has 0 spiro atoms. The molecule has 3 unspecified atom stereocenters. The van der Waals surface area contributed by atoms with Gasteiger partial charge in [0.25, 0.3) is 15.9 Å². The van der Waals surface area contributed by atoms with E-state index in [0.29, 0.717) is 12.1 Å². The molecule has 4 heterocycles. The lowest BCUT2D eigenvalue weighted by Crippen LogP contribution is -2.54. The molecule has 0 bridgehead atoms. The molecule has 2 aliphatic rings. The number of carbonyl (C=O) groups excluding carboxylic acids is 3. The molecule has 0 aliphatic carbocycles. The lowest BCUT2D eigenvalue weighted by Gasteiger charge is -2.30. The molecule has 2 aromatic carbocycles. The summed E-state index contributed by atoms with van der Waals surface area (Å²) in [7, 11) is -4.51. The summed E-state index contributed by atoms with van der Waals surface area (Å²) in [5.74, 6) is -1.82. The van der Waals surface area contributed by atoms with Crippen molar-refractivity contribution in [2.45, 2.75) is 102 Å². The minimum absolute atomic E-state index is 0.0134. The number of hydrogen-bond donors (Lipinski definition) is 1. The van der Waals surface area contributed by atoms with Crippen molar-refractivity contribution in [1.82, 2.24) is 29.1 Å². The number of amides is 2. The second-order valence-corrected chi connectivity index (χ2v) is 18.8. The molecule has 3 atom stereocenters. The Morgan fingerprint density at radius 2 is 1.61 bits per heavy atom. The fraction of sp³-hybridized carbons (Fsp3) is 0.436. The molecule has 1 saturated heterocycles. The highest BCUT2D eigenvalue weighted by Gasteiger charge is 2.53. The number of esters is 1. The lowest BCUT2D eigenvalue weighted by molar-refractivity contribution is -0.162. The first-order valence-electron chi connectivity index (χ1n) is 18.1. The van der Waals surface area contributed by atoms with Crippen LogP contribution < -0.4 is 10.2 Å². The number of carbonyl (C=O) groups is 3. The van der Waals surface area contributed by atoms with Crippen molar-refractivity contribution in [3.8, 4) is 11.1 Å². The predicted molar refractivity (Wildman–Crippen MR) is 211 cm³/mol. The van der Waals surface area contributed by atoms with Crippen molar-refractivity contribution in [1.29, 1.82) is 0 Å². The number of aromatic nitrogens is 4. The van der Waals surface area contributed by atoms with Gasteiger partial charge in [-0.25, -0.2) is 33.1 Å². The van der Waals surface area contributed by atoms with Gasteiger partial charge in [0.1, 0.15) is 23.5 Å². The van der Waals surface area contributed by atoms with E-state index in [1.807, 2.05) is 45.0 Å². The van der Waals surface area contributed by atoms with Gasteiger partial charge in [-0.2, -0.15) is 4.31 Å². The van der Waals surface area contributed by atoms with Crippen molar-refractivity contribution in [2.24, 2.45) is 0 Å². The molecular formula is C39H45Cl2N7O7S. The number of halogens is 2. The van der Waals surface area contributed by atoms with Gasteiger partial charge < -0.3 is 14.8 Å². The summed E-state index contributed by atoms with van der Waals surface area (Å²) in [6.45, 7) is 12.0. The van der Waals surface area contributed by atoms with Gasteiger partial charge in [0.2, 0.25) is 11.9 Å². The standard InChI is InChI=1S/C39H45Cl2N7O7S/c1-37(2,3)54-22-30(34(50)55-38(4,5)6)45-33(49)31-9-8-14-46(31)56(52,53)32-21-44-36-47(29-16-27(40)15-28(41)17-29)35(51)39(7,48(32)36)18-24-10-12-25(13-11-24)26-19-42-23-43-20-26/h10-13,15-17,19-21,23,30-31H,8-9,14,18,22H2,1-7H3,(H,45,49). The summed E-state index contributed by atoms with van der Waals surface area (Å²) < 4.78 is 43.6. The summed E-state index contributed by atoms with van der Waals surface area (Å²) in [4.78, 5) is 55.9. The van der Waals surface area contributed by atoms with Crippen molar-refractivity contribution >= 4 is 62.6 Å². The third-order valence-corrected chi connectivity index (χ3v) is 11.6. The molecule has 2 amide bonds. The van der Waals surface area contributed by atoms with Crippen molar-refractivity contribution in [3.63, 3.8) is 0 Å². The number of nitrogens with one attached hydrogen (secondary N) is 1. The predicted octanol–water partition coefficient (Wildman–Crippen LogP) is 6.08. The highest BCUT2D eigenvalue weighted by Crippen LogP contribution is 2.45. The highest BCUT2D eigenvalue weighted by molar-refractivity contribution is 7.89. The summed E-state index contributed by atoms with van der Waals surface area (Å²) in [5, 5.41) is 2.96. The Labute approximate surface area is 336 Å². The van der Waals surface area contributed by atoms with E-state index in [1.165, 1.54) is 28.1 Å². The average molecular weight is 827 g/mol. The van der Waals surface area contributed by atoms with E-state index in [0.717, 1.165) is 21.0 Å². The normalized spacial score (nSPS) is 19.6. The molecule has 4 aromatic rings. The Bertz CT molecular complexity index is 2220. The smallest absolute Gasteiger partial charge is 0.331 e. The Kier molecular flexibility index (Phi) is 11.4. The molecule has 14 nitrogen and oxygen atoms in total. The summed E-state index contributed by atoms with van der Waals surface area (Å²) >= 11 is 12.7. The number of nitrogens with zero attached hydrogens (tertiary/aromatic N) is 6. The minimum Gasteiger partial charge on any atom is -0.458 e. The van der Waals surface area contributed by atoms with Crippen LogP contribution in [0, 0.1) is 0 Å². The summed E-state index contributed by atoms with van der Waals surface area (Å²) in [6.07, 6.45) is 6.65. The zero-order chi connectivity index (χ0) is 40.8. The Hall–Kier alpha value is -4.41. The van der Waals surface area contributed by atoms with E-state index in [9.17, 15) is 22.8 Å². The Morgan fingerprint density at radius 1 is 0.964 bits per heavy atom. The van der Waals surface area contributed by atoms with Crippen LogP contribution >= 0.6 is 23.2 Å². The first-order chi connectivity index (χ1) is 26.2. The van der Waals surface area contributed by atoms with Crippen molar-refractivity contribution in [2.75, 3.05) is 18.1 Å². The minimum atomic E-state index is -4.51. The fourth-order valence-corrected chi connectivity index (χ4v) is 9.19. The van der Waals surface area contributed by atoms with Crippen molar-refractivity contribution < 1.29 is 32.3 Å². The van der Waals surface area contributed by atoms with Crippen LogP contribution in [-0.4, -0.2) is 86.5 Å². The number of imidazole rings is 1. The van der Waals surface area contributed by atoms with Crippen LogP contribution in [0.25, 0.3) is 11.1 Å². The fourth-order valence-electron chi connectivity index (χ4n) is 6.83. The van der Waals surface area contributed by atoms with Gasteiger partial charge in [-0.1, -0.05) is 47.5 Å². The number of rotatable bonds is 11. The molecule has 0 saturated carbocycles. The second kappa shape index (κ2) is 15.5. The topological polar surface area (TPSA) is 166 Å². The monoisotopic (exact) mass is 825 g/mol. The third-order valence-electron chi connectivity index (χ3n) is 9.34. The molecule has 298 valence electrons. The zero-order valence-electron chi connectivity index (χ0n) is 32.2. The maximum atomic E-state index is 14.8. The molecule has 6 rings (SSSR count). The van der Waals surface area contributed by atoms with E-state index in [-0.39, 0.29) is 47.0 Å². The number of anilines is 2. The van der Waals surface area contributed by atoms with Crippen LogP contribution in [0.15, 0.2) is 72.4 Å². The van der Waals surface area contributed by atoms with Gasteiger partial charge in [-0.3, -0.25) is 14.2 Å². The van der Waals surface area contributed by atoms with Crippen LogP contribution in [0.4, 0.5) is 11.6 Å². The highest BCUT2D eigenvalue weighted by atomic mass is 35.5. The maximum absolute atomic E-state index is 14.8. The van der Waals surface area contributed by atoms with E-state index in [4.69, 9.17) is 32.7 Å². The van der Waals surface area contributed by atoms with Gasteiger partial charge in [-0.05, 0) is 90.6 Å². The Balaban J connectivity index is 1.36. The number of sulfonamides is 1. The van der Waals surface area contributed by atoms with E-state index < -0.39 is 56.6 Å². The number of benzene rings is 2. The molecule has 1 N–H and O–H groups in total. The molecular weight excluding hydrogens is 781 g/mol. The zero-order valence-corrected chi connectivity index (χ0v) is 34.6. The molecule has 1 fully saturated rings. The second-order valence-electron chi connectivity index (χ2n) is 16.1. The van der Waals surface area contributed by atoms with Crippen molar-refractivity contribution in [3.05, 3.63) is 83.0 Å².